The first-order valence-electron chi connectivity index (χ1n) is 8.35. The highest BCUT2D eigenvalue weighted by Gasteiger charge is 2.47. The molecule has 27 heavy (non-hydrogen) atoms. The Balaban J connectivity index is 1.72. The molecule has 132 valence electrons. The fourth-order valence-electron chi connectivity index (χ4n) is 3.65. The summed E-state index contributed by atoms with van der Waals surface area (Å²) in [5.74, 6) is -7.65. The molecule has 2 aliphatic rings. The molecule has 2 aliphatic carbocycles. The SMILES string of the molecule is O=C1C(=O)C(CC2C(=O)C(=O)c3ccccc3C2=O)C(=O)c2ccccc21. The highest BCUT2D eigenvalue weighted by atomic mass is 16.2. The molecule has 0 saturated heterocycles. The molecule has 0 radical (unpaired) electrons. The fourth-order valence-corrected chi connectivity index (χ4v) is 3.65. The number of fused-ring (bicyclic) bond motifs is 2. The van der Waals surface area contributed by atoms with Crippen LogP contribution in [0.1, 0.15) is 47.9 Å². The first kappa shape index (κ1) is 16.9. The number of hydrogen-bond acceptors (Lipinski definition) is 6. The molecule has 0 saturated carbocycles. The standard InChI is InChI=1S/C21H12O6/c22-16-10-5-1-3-7-12(10)18(24)20(26)14(16)9-15-17(23)11-6-2-4-8-13(11)19(25)21(15)27/h1-8,14-15H,9H2. The van der Waals surface area contributed by atoms with Gasteiger partial charge in [0.15, 0.2) is 11.6 Å². The molecule has 0 N–H and O–H groups in total. The molecule has 4 rings (SSSR count). The van der Waals surface area contributed by atoms with Gasteiger partial charge in [-0.3, -0.25) is 28.8 Å². The van der Waals surface area contributed by atoms with Gasteiger partial charge in [-0.25, -0.2) is 0 Å². The lowest BCUT2D eigenvalue weighted by atomic mass is 9.71. The maximum absolute atomic E-state index is 12.7. The van der Waals surface area contributed by atoms with Crippen LogP contribution in [0.4, 0.5) is 0 Å². The second-order valence-electron chi connectivity index (χ2n) is 6.55. The second-order valence-corrected chi connectivity index (χ2v) is 6.55. The number of hydrogen-bond donors (Lipinski definition) is 0. The molecule has 6 nitrogen and oxygen atoms in total. The monoisotopic (exact) mass is 360 g/mol. The van der Waals surface area contributed by atoms with E-state index >= 15 is 0 Å². The quantitative estimate of drug-likeness (QED) is 0.599. The summed E-state index contributed by atoms with van der Waals surface area (Å²) < 4.78 is 0. The van der Waals surface area contributed by atoms with E-state index in [1.54, 1.807) is 24.3 Å². The van der Waals surface area contributed by atoms with Gasteiger partial charge in [-0.2, -0.15) is 0 Å². The first-order valence-corrected chi connectivity index (χ1v) is 8.35. The number of Topliss-reactive ketones (excluding diaryl/α,β-unsaturated/α-hetero) is 6. The lowest BCUT2D eigenvalue weighted by Crippen LogP contribution is -2.43. The number of carbonyl (C=O) groups excluding carboxylic acids is 6. The van der Waals surface area contributed by atoms with Gasteiger partial charge in [0.1, 0.15) is 0 Å². The van der Waals surface area contributed by atoms with Crippen molar-refractivity contribution in [3.63, 3.8) is 0 Å². The third-order valence-corrected chi connectivity index (χ3v) is 5.06. The minimum absolute atomic E-state index is 0.0199. The second kappa shape index (κ2) is 6.02. The van der Waals surface area contributed by atoms with Crippen molar-refractivity contribution in [2.24, 2.45) is 11.8 Å². The minimum atomic E-state index is -1.44. The largest absolute Gasteiger partial charge is 0.293 e. The number of carbonyl (C=O) groups is 6. The van der Waals surface area contributed by atoms with Crippen molar-refractivity contribution < 1.29 is 28.8 Å². The van der Waals surface area contributed by atoms with Gasteiger partial charge in [0.2, 0.25) is 23.1 Å². The van der Waals surface area contributed by atoms with Gasteiger partial charge >= 0.3 is 0 Å². The van der Waals surface area contributed by atoms with Crippen LogP contribution in [0.3, 0.4) is 0 Å². The Labute approximate surface area is 153 Å². The predicted molar refractivity (Wildman–Crippen MR) is 91.8 cm³/mol. The average molecular weight is 360 g/mol. The summed E-state index contributed by atoms with van der Waals surface area (Å²) in [5, 5.41) is 0. The average Bonchev–Trinajstić information content (AvgIpc) is 2.70. The Bertz CT molecular complexity index is 992. The molecule has 0 bridgehead atoms. The molecule has 0 aromatic heterocycles. The molecule has 2 aromatic carbocycles. The van der Waals surface area contributed by atoms with Gasteiger partial charge in [0.05, 0.1) is 11.8 Å². The summed E-state index contributed by atoms with van der Waals surface area (Å²) in [4.78, 5) is 74.9. The smallest absolute Gasteiger partial charge is 0.230 e. The van der Waals surface area contributed by atoms with Gasteiger partial charge < -0.3 is 0 Å². The first-order chi connectivity index (χ1) is 12.9. The molecule has 6 heteroatoms. The van der Waals surface area contributed by atoms with Crippen molar-refractivity contribution in [2.45, 2.75) is 6.42 Å². The Morgan fingerprint density at radius 3 is 1.19 bits per heavy atom. The molecular weight excluding hydrogens is 348 g/mol. The molecular formula is C21H12O6. The topological polar surface area (TPSA) is 102 Å². The minimum Gasteiger partial charge on any atom is -0.293 e. The molecule has 0 fully saturated rings. The number of ketones is 6. The Morgan fingerprint density at radius 1 is 0.481 bits per heavy atom. The maximum Gasteiger partial charge on any atom is 0.230 e. The molecule has 0 spiro atoms. The molecule has 2 unspecified atom stereocenters. The van der Waals surface area contributed by atoms with Gasteiger partial charge in [0, 0.05) is 22.3 Å². The molecule has 2 atom stereocenters. The molecule has 2 aromatic rings. The van der Waals surface area contributed by atoms with E-state index in [1.807, 2.05) is 0 Å². The van der Waals surface area contributed by atoms with Gasteiger partial charge in [-0.05, 0) is 6.42 Å². The van der Waals surface area contributed by atoms with Crippen LogP contribution in [0.2, 0.25) is 0 Å². The highest BCUT2D eigenvalue weighted by molar-refractivity contribution is 6.53. The van der Waals surface area contributed by atoms with Crippen LogP contribution >= 0.6 is 0 Å². The van der Waals surface area contributed by atoms with Crippen molar-refractivity contribution in [3.05, 3.63) is 70.8 Å². The lowest BCUT2D eigenvalue weighted by Gasteiger charge is -2.26. The van der Waals surface area contributed by atoms with Crippen molar-refractivity contribution >= 4 is 34.7 Å². The summed E-state index contributed by atoms with van der Waals surface area (Å²) in [7, 11) is 0. The normalized spacial score (nSPS) is 21.9. The van der Waals surface area contributed by atoms with E-state index in [4.69, 9.17) is 0 Å². The van der Waals surface area contributed by atoms with Gasteiger partial charge in [-0.15, -0.1) is 0 Å². The van der Waals surface area contributed by atoms with E-state index in [-0.39, 0.29) is 22.3 Å². The van der Waals surface area contributed by atoms with Crippen LogP contribution < -0.4 is 0 Å². The van der Waals surface area contributed by atoms with Crippen LogP contribution in [0.25, 0.3) is 0 Å². The van der Waals surface area contributed by atoms with Crippen molar-refractivity contribution in [3.8, 4) is 0 Å². The Morgan fingerprint density at radius 2 is 0.815 bits per heavy atom. The van der Waals surface area contributed by atoms with Crippen LogP contribution in [0.5, 0.6) is 0 Å². The zero-order chi connectivity index (χ0) is 19.3. The van der Waals surface area contributed by atoms with Crippen molar-refractivity contribution in [1.29, 1.82) is 0 Å². The summed E-state index contributed by atoms with van der Waals surface area (Å²) in [6, 6.07) is 11.9. The summed E-state index contributed by atoms with van der Waals surface area (Å²) in [6.45, 7) is 0. The number of benzene rings is 2. The van der Waals surface area contributed by atoms with Gasteiger partial charge in [-0.1, -0.05) is 48.5 Å². The van der Waals surface area contributed by atoms with E-state index in [0.717, 1.165) is 0 Å². The highest BCUT2D eigenvalue weighted by Crippen LogP contribution is 2.32. The van der Waals surface area contributed by atoms with E-state index in [1.165, 1.54) is 24.3 Å². The third-order valence-electron chi connectivity index (χ3n) is 5.06. The van der Waals surface area contributed by atoms with E-state index < -0.39 is 53.0 Å². The van der Waals surface area contributed by atoms with E-state index in [9.17, 15) is 28.8 Å². The maximum atomic E-state index is 12.7. The lowest BCUT2D eigenvalue weighted by molar-refractivity contribution is -0.120. The number of rotatable bonds is 2. The predicted octanol–water partition coefficient (Wildman–Crippen LogP) is 1.91. The zero-order valence-electron chi connectivity index (χ0n) is 13.9. The van der Waals surface area contributed by atoms with Crippen LogP contribution in [0, 0.1) is 11.8 Å². The fraction of sp³-hybridized carbons (Fsp3) is 0.143. The molecule has 0 aliphatic heterocycles. The Kier molecular flexibility index (Phi) is 3.77. The summed E-state index contributed by atoms with van der Waals surface area (Å²) >= 11 is 0. The van der Waals surface area contributed by atoms with Crippen molar-refractivity contribution in [2.75, 3.05) is 0 Å². The van der Waals surface area contributed by atoms with Crippen LogP contribution in [0.15, 0.2) is 48.5 Å². The third kappa shape index (κ3) is 2.41. The molecule has 0 heterocycles. The van der Waals surface area contributed by atoms with E-state index in [2.05, 4.69) is 0 Å². The van der Waals surface area contributed by atoms with Crippen molar-refractivity contribution in [1.82, 2.24) is 0 Å². The Hall–Kier alpha value is -3.54. The summed E-state index contributed by atoms with van der Waals surface area (Å²) in [6.07, 6.45) is -0.477. The van der Waals surface area contributed by atoms with Crippen LogP contribution in [-0.2, 0) is 9.59 Å². The van der Waals surface area contributed by atoms with Crippen LogP contribution in [-0.4, -0.2) is 34.7 Å². The van der Waals surface area contributed by atoms with E-state index in [0.29, 0.717) is 0 Å². The summed E-state index contributed by atoms with van der Waals surface area (Å²) in [5.41, 5.74) is 0.224. The van der Waals surface area contributed by atoms with Gasteiger partial charge in [0.25, 0.3) is 0 Å². The zero-order valence-corrected chi connectivity index (χ0v) is 13.9. The molecule has 0 amide bonds.